The highest BCUT2D eigenvalue weighted by molar-refractivity contribution is 7.89. The first-order chi connectivity index (χ1) is 14.8. The summed E-state index contributed by atoms with van der Waals surface area (Å²) in [6.45, 7) is 2.17. The summed E-state index contributed by atoms with van der Waals surface area (Å²) < 4.78 is 32.5. The van der Waals surface area contributed by atoms with Crippen LogP contribution in [0.25, 0.3) is 0 Å². The summed E-state index contributed by atoms with van der Waals surface area (Å²) in [6, 6.07) is 14.1. The van der Waals surface area contributed by atoms with E-state index in [0.717, 1.165) is 11.4 Å². The number of hydrogen-bond donors (Lipinski definition) is 1. The van der Waals surface area contributed by atoms with Crippen LogP contribution >= 0.6 is 0 Å². The third-order valence-corrected chi connectivity index (χ3v) is 7.19. The van der Waals surface area contributed by atoms with Gasteiger partial charge in [0, 0.05) is 45.1 Å². The summed E-state index contributed by atoms with van der Waals surface area (Å²) >= 11 is 0. The van der Waals surface area contributed by atoms with Crippen LogP contribution in [0.5, 0.6) is 5.75 Å². The number of carbonyl (C=O) groups excluding carboxylic acids is 1. The second kappa shape index (κ2) is 10.1. The maximum Gasteiger partial charge on any atom is 0.243 e. The van der Waals surface area contributed by atoms with Crippen LogP contribution in [0.1, 0.15) is 6.42 Å². The molecule has 1 saturated heterocycles. The Morgan fingerprint density at radius 1 is 1.00 bits per heavy atom. The topological polar surface area (TPSA) is 82.2 Å². The van der Waals surface area contributed by atoms with Gasteiger partial charge in [-0.05, 0) is 61.5 Å². The van der Waals surface area contributed by atoms with Crippen LogP contribution in [0.2, 0.25) is 0 Å². The molecular weight excluding hydrogens is 416 g/mol. The molecule has 1 aliphatic rings. The van der Waals surface area contributed by atoms with Crippen molar-refractivity contribution in [1.29, 1.82) is 0 Å². The van der Waals surface area contributed by atoms with Gasteiger partial charge in [-0.1, -0.05) is 0 Å². The van der Waals surface area contributed by atoms with E-state index in [2.05, 4.69) is 5.32 Å². The average Bonchev–Trinajstić information content (AvgIpc) is 3.00. The first-order valence-corrected chi connectivity index (χ1v) is 11.7. The molecule has 2 aromatic rings. The molecule has 1 fully saturated rings. The van der Waals surface area contributed by atoms with Crippen LogP contribution in [0.3, 0.4) is 0 Å². The van der Waals surface area contributed by atoms with E-state index < -0.39 is 10.0 Å². The van der Waals surface area contributed by atoms with Gasteiger partial charge in [0.15, 0.2) is 0 Å². The number of ether oxygens (including phenoxy) is 1. The van der Waals surface area contributed by atoms with Crippen LogP contribution in [0.15, 0.2) is 53.4 Å². The molecule has 1 aliphatic heterocycles. The minimum atomic E-state index is -3.58. The van der Waals surface area contributed by atoms with E-state index in [1.54, 1.807) is 31.4 Å². The maximum absolute atomic E-state index is 13.0. The SMILES string of the molecule is COc1ccc(S(=O)(=O)N2CCCN(CC(=O)Nc3ccc(N(C)C)cc3)CC2)cc1. The lowest BCUT2D eigenvalue weighted by Crippen LogP contribution is -2.38. The number of nitrogens with one attached hydrogen (secondary N) is 1. The Labute approximate surface area is 184 Å². The molecule has 0 spiro atoms. The van der Waals surface area contributed by atoms with Crippen molar-refractivity contribution >= 4 is 27.3 Å². The number of methoxy groups -OCH3 is 1. The molecule has 2 aromatic carbocycles. The first-order valence-electron chi connectivity index (χ1n) is 10.2. The fraction of sp³-hybridized carbons (Fsp3) is 0.409. The van der Waals surface area contributed by atoms with Crippen LogP contribution in [-0.2, 0) is 14.8 Å². The van der Waals surface area contributed by atoms with Crippen molar-refractivity contribution in [1.82, 2.24) is 9.21 Å². The highest BCUT2D eigenvalue weighted by Gasteiger charge is 2.27. The number of benzene rings is 2. The van der Waals surface area contributed by atoms with Crippen molar-refractivity contribution in [2.24, 2.45) is 0 Å². The van der Waals surface area contributed by atoms with Gasteiger partial charge in [-0.3, -0.25) is 9.69 Å². The quantitative estimate of drug-likeness (QED) is 0.702. The van der Waals surface area contributed by atoms with E-state index in [-0.39, 0.29) is 17.3 Å². The lowest BCUT2D eigenvalue weighted by Gasteiger charge is -2.21. The number of sulfonamides is 1. The van der Waals surface area contributed by atoms with Gasteiger partial charge < -0.3 is 15.0 Å². The molecule has 0 saturated carbocycles. The summed E-state index contributed by atoms with van der Waals surface area (Å²) in [5, 5.41) is 2.91. The van der Waals surface area contributed by atoms with Gasteiger partial charge in [-0.25, -0.2) is 8.42 Å². The van der Waals surface area contributed by atoms with Crippen molar-refractivity contribution in [3.05, 3.63) is 48.5 Å². The van der Waals surface area contributed by atoms with E-state index in [0.29, 0.717) is 38.3 Å². The number of hydrogen-bond acceptors (Lipinski definition) is 6. The lowest BCUT2D eigenvalue weighted by molar-refractivity contribution is -0.117. The van der Waals surface area contributed by atoms with E-state index in [1.165, 1.54) is 4.31 Å². The smallest absolute Gasteiger partial charge is 0.243 e. The number of nitrogens with zero attached hydrogens (tertiary/aromatic N) is 3. The highest BCUT2D eigenvalue weighted by Crippen LogP contribution is 2.21. The Kier molecular flexibility index (Phi) is 7.53. The van der Waals surface area contributed by atoms with Crippen LogP contribution in [0.4, 0.5) is 11.4 Å². The average molecular weight is 447 g/mol. The number of carbonyl (C=O) groups is 1. The van der Waals surface area contributed by atoms with Gasteiger partial charge in [-0.2, -0.15) is 4.31 Å². The summed E-state index contributed by atoms with van der Waals surface area (Å²) in [6.07, 6.45) is 0.667. The highest BCUT2D eigenvalue weighted by atomic mass is 32.2. The Hall–Kier alpha value is -2.62. The van der Waals surface area contributed by atoms with Crippen molar-refractivity contribution < 1.29 is 17.9 Å². The minimum absolute atomic E-state index is 0.107. The fourth-order valence-electron chi connectivity index (χ4n) is 3.49. The zero-order valence-electron chi connectivity index (χ0n) is 18.2. The van der Waals surface area contributed by atoms with Crippen molar-refractivity contribution in [2.75, 3.05) is 64.1 Å². The molecule has 9 heteroatoms. The number of rotatable bonds is 7. The monoisotopic (exact) mass is 446 g/mol. The van der Waals surface area contributed by atoms with Crippen molar-refractivity contribution in [3.8, 4) is 5.75 Å². The van der Waals surface area contributed by atoms with E-state index >= 15 is 0 Å². The summed E-state index contributed by atoms with van der Waals surface area (Å²) in [4.78, 5) is 16.7. The molecule has 0 aromatic heterocycles. The van der Waals surface area contributed by atoms with Gasteiger partial charge >= 0.3 is 0 Å². The third-order valence-electron chi connectivity index (χ3n) is 5.28. The zero-order valence-corrected chi connectivity index (χ0v) is 19.1. The molecule has 8 nitrogen and oxygen atoms in total. The molecule has 1 amide bonds. The molecule has 1 heterocycles. The molecule has 0 aliphatic carbocycles. The van der Waals surface area contributed by atoms with Gasteiger partial charge in [0.2, 0.25) is 15.9 Å². The maximum atomic E-state index is 13.0. The molecule has 168 valence electrons. The van der Waals surface area contributed by atoms with Gasteiger partial charge in [0.1, 0.15) is 5.75 Å². The molecular formula is C22H30N4O4S. The molecule has 1 N–H and O–H groups in total. The van der Waals surface area contributed by atoms with E-state index in [9.17, 15) is 13.2 Å². The Bertz CT molecular complexity index is 976. The Morgan fingerprint density at radius 2 is 1.68 bits per heavy atom. The van der Waals surface area contributed by atoms with Gasteiger partial charge in [0.05, 0.1) is 18.6 Å². The first kappa shape index (κ1) is 23.1. The third kappa shape index (κ3) is 5.96. The molecule has 0 unspecified atom stereocenters. The van der Waals surface area contributed by atoms with Gasteiger partial charge in [0.25, 0.3) is 0 Å². The Balaban J connectivity index is 1.55. The van der Waals surface area contributed by atoms with Crippen LogP contribution in [-0.4, -0.2) is 77.5 Å². The second-order valence-electron chi connectivity index (χ2n) is 7.70. The predicted octanol–water partition coefficient (Wildman–Crippen LogP) is 2.10. The van der Waals surface area contributed by atoms with Gasteiger partial charge in [-0.15, -0.1) is 0 Å². The summed E-state index contributed by atoms with van der Waals surface area (Å²) in [5.74, 6) is 0.507. The second-order valence-corrected chi connectivity index (χ2v) is 9.64. The standard InChI is InChI=1S/C22H30N4O4S/c1-24(2)19-7-5-18(6-8-19)23-22(27)17-25-13-4-14-26(16-15-25)31(28,29)21-11-9-20(30-3)10-12-21/h5-12H,4,13-17H2,1-3H3,(H,23,27). The zero-order chi connectivity index (χ0) is 22.4. The fourth-order valence-corrected chi connectivity index (χ4v) is 4.96. The van der Waals surface area contributed by atoms with E-state index in [4.69, 9.17) is 4.74 Å². The number of amides is 1. The molecule has 0 bridgehead atoms. The van der Waals surface area contributed by atoms with Crippen molar-refractivity contribution in [2.45, 2.75) is 11.3 Å². The lowest BCUT2D eigenvalue weighted by atomic mass is 10.2. The van der Waals surface area contributed by atoms with E-state index in [1.807, 2.05) is 48.2 Å². The minimum Gasteiger partial charge on any atom is -0.497 e. The normalized spacial score (nSPS) is 15.8. The Morgan fingerprint density at radius 3 is 2.29 bits per heavy atom. The van der Waals surface area contributed by atoms with Crippen molar-refractivity contribution in [3.63, 3.8) is 0 Å². The molecule has 0 atom stereocenters. The summed E-state index contributed by atoms with van der Waals surface area (Å²) in [5.41, 5.74) is 1.80. The summed E-state index contributed by atoms with van der Waals surface area (Å²) in [7, 11) is 1.89. The number of anilines is 2. The van der Waals surface area contributed by atoms with Crippen LogP contribution < -0.4 is 15.0 Å². The largest absolute Gasteiger partial charge is 0.497 e. The molecule has 31 heavy (non-hydrogen) atoms. The molecule has 0 radical (unpaired) electrons. The molecule has 3 rings (SSSR count). The van der Waals surface area contributed by atoms with Crippen LogP contribution in [0, 0.1) is 0 Å². The predicted molar refractivity (Wildman–Crippen MR) is 122 cm³/mol.